The Hall–Kier alpha value is -1.39. The maximum atomic E-state index is 12.2. The molecule has 0 spiro atoms. The van der Waals surface area contributed by atoms with Crippen molar-refractivity contribution in [1.82, 2.24) is 15.5 Å². The summed E-state index contributed by atoms with van der Waals surface area (Å²) in [5.41, 5.74) is 2.58. The number of rotatable bonds is 5. The second-order valence-corrected chi connectivity index (χ2v) is 5.77. The minimum Gasteiger partial charge on any atom is -0.353 e. The second kappa shape index (κ2) is 6.86. The van der Waals surface area contributed by atoms with E-state index in [9.17, 15) is 4.79 Å². The van der Waals surface area contributed by atoms with E-state index in [-0.39, 0.29) is 11.9 Å². The minimum absolute atomic E-state index is 0.103. The van der Waals surface area contributed by atoms with Crippen LogP contribution in [0.1, 0.15) is 25.0 Å². The molecular weight excluding hydrogens is 250 g/mol. The molecule has 2 rings (SSSR count). The number of benzene rings is 1. The largest absolute Gasteiger partial charge is 0.353 e. The molecule has 2 N–H and O–H groups in total. The standard InChI is InChI=1S/C16H25N3O/c1-12(2)19(3)9-8-17-16(20)15-10-13-6-4-5-7-14(13)11-18-15/h4-7,12,15,18H,8-11H2,1-3H3,(H,17,20). The van der Waals surface area contributed by atoms with E-state index in [0.29, 0.717) is 12.6 Å². The number of nitrogens with zero attached hydrogens (tertiary/aromatic N) is 1. The Balaban J connectivity index is 1.80. The van der Waals surface area contributed by atoms with Crippen LogP contribution in [0.2, 0.25) is 0 Å². The van der Waals surface area contributed by atoms with Crippen LogP contribution >= 0.6 is 0 Å². The molecule has 0 aliphatic carbocycles. The quantitative estimate of drug-likeness (QED) is 0.847. The van der Waals surface area contributed by atoms with Gasteiger partial charge in [0.25, 0.3) is 0 Å². The van der Waals surface area contributed by atoms with E-state index in [2.05, 4.69) is 48.6 Å². The van der Waals surface area contributed by atoms with Gasteiger partial charge in [-0.05, 0) is 38.4 Å². The van der Waals surface area contributed by atoms with Crippen molar-refractivity contribution in [2.24, 2.45) is 0 Å². The van der Waals surface area contributed by atoms with Gasteiger partial charge < -0.3 is 15.5 Å². The third kappa shape index (κ3) is 3.81. The van der Waals surface area contributed by atoms with Gasteiger partial charge >= 0.3 is 0 Å². The lowest BCUT2D eigenvalue weighted by Crippen LogP contribution is -2.49. The first kappa shape index (κ1) is 15.0. The molecule has 1 aromatic carbocycles. The number of hydrogen-bond donors (Lipinski definition) is 2. The van der Waals surface area contributed by atoms with Gasteiger partial charge in [-0.3, -0.25) is 4.79 Å². The number of carbonyl (C=O) groups is 1. The van der Waals surface area contributed by atoms with Gasteiger partial charge in [-0.1, -0.05) is 24.3 Å². The SMILES string of the molecule is CC(C)N(C)CCNC(=O)C1Cc2ccccc2CN1. The lowest BCUT2D eigenvalue weighted by Gasteiger charge is -2.26. The van der Waals surface area contributed by atoms with E-state index in [1.165, 1.54) is 11.1 Å². The molecule has 1 atom stereocenters. The van der Waals surface area contributed by atoms with Crippen LogP contribution in [0.5, 0.6) is 0 Å². The summed E-state index contributed by atoms with van der Waals surface area (Å²) in [5.74, 6) is 0.108. The van der Waals surface area contributed by atoms with E-state index >= 15 is 0 Å². The van der Waals surface area contributed by atoms with Crippen LogP contribution in [-0.4, -0.2) is 43.0 Å². The Morgan fingerprint density at radius 2 is 2.10 bits per heavy atom. The van der Waals surface area contributed by atoms with Crippen LogP contribution in [-0.2, 0) is 17.8 Å². The minimum atomic E-state index is -0.103. The maximum Gasteiger partial charge on any atom is 0.237 e. The van der Waals surface area contributed by atoms with Gasteiger partial charge in [-0.15, -0.1) is 0 Å². The first-order valence-corrected chi connectivity index (χ1v) is 7.36. The molecule has 0 saturated carbocycles. The molecule has 0 saturated heterocycles. The molecule has 0 fully saturated rings. The van der Waals surface area contributed by atoms with E-state index in [4.69, 9.17) is 0 Å². The van der Waals surface area contributed by atoms with Crippen LogP contribution in [0.4, 0.5) is 0 Å². The Bertz CT molecular complexity index is 459. The van der Waals surface area contributed by atoms with Gasteiger partial charge in [-0.2, -0.15) is 0 Å². The Kier molecular flexibility index (Phi) is 5.15. The molecule has 1 unspecified atom stereocenters. The first-order chi connectivity index (χ1) is 9.58. The van der Waals surface area contributed by atoms with Crippen LogP contribution in [0.25, 0.3) is 0 Å². The zero-order chi connectivity index (χ0) is 14.5. The lowest BCUT2D eigenvalue weighted by molar-refractivity contribution is -0.123. The zero-order valence-corrected chi connectivity index (χ0v) is 12.6. The highest BCUT2D eigenvalue weighted by Gasteiger charge is 2.23. The highest BCUT2D eigenvalue weighted by Crippen LogP contribution is 2.16. The molecule has 1 aliphatic heterocycles. The number of amides is 1. The van der Waals surface area contributed by atoms with Crippen molar-refractivity contribution in [1.29, 1.82) is 0 Å². The average molecular weight is 275 g/mol. The molecule has 0 bridgehead atoms. The Labute approximate surface area is 121 Å². The summed E-state index contributed by atoms with van der Waals surface area (Å²) < 4.78 is 0. The fraction of sp³-hybridized carbons (Fsp3) is 0.562. The van der Waals surface area contributed by atoms with E-state index in [1.54, 1.807) is 0 Å². The molecule has 110 valence electrons. The van der Waals surface area contributed by atoms with Crippen molar-refractivity contribution < 1.29 is 4.79 Å². The fourth-order valence-corrected chi connectivity index (χ4v) is 2.38. The molecule has 4 heteroatoms. The summed E-state index contributed by atoms with van der Waals surface area (Å²) in [7, 11) is 2.08. The second-order valence-electron chi connectivity index (χ2n) is 5.77. The molecule has 1 aliphatic rings. The Morgan fingerprint density at radius 3 is 2.80 bits per heavy atom. The van der Waals surface area contributed by atoms with Gasteiger partial charge in [0.2, 0.25) is 5.91 Å². The van der Waals surface area contributed by atoms with E-state index < -0.39 is 0 Å². The highest BCUT2D eigenvalue weighted by molar-refractivity contribution is 5.82. The van der Waals surface area contributed by atoms with Crippen LogP contribution in [0, 0.1) is 0 Å². The predicted octanol–water partition coefficient (Wildman–Crippen LogP) is 1.16. The summed E-state index contributed by atoms with van der Waals surface area (Å²) in [6, 6.07) is 8.72. The van der Waals surface area contributed by atoms with Crippen molar-refractivity contribution in [2.75, 3.05) is 20.1 Å². The fourth-order valence-electron chi connectivity index (χ4n) is 2.38. The van der Waals surface area contributed by atoms with Crippen LogP contribution < -0.4 is 10.6 Å². The number of likely N-dealkylation sites (N-methyl/N-ethyl adjacent to an activating group) is 1. The van der Waals surface area contributed by atoms with Gasteiger partial charge in [0.1, 0.15) is 0 Å². The molecule has 1 heterocycles. The van der Waals surface area contributed by atoms with Crippen molar-refractivity contribution in [3.8, 4) is 0 Å². The normalized spacial score (nSPS) is 18.1. The average Bonchev–Trinajstić information content (AvgIpc) is 2.46. The maximum absolute atomic E-state index is 12.2. The topological polar surface area (TPSA) is 44.4 Å². The molecule has 0 radical (unpaired) electrons. The highest BCUT2D eigenvalue weighted by atomic mass is 16.2. The number of carbonyl (C=O) groups excluding carboxylic acids is 1. The van der Waals surface area contributed by atoms with Crippen molar-refractivity contribution in [3.63, 3.8) is 0 Å². The lowest BCUT2D eigenvalue weighted by atomic mass is 9.95. The summed E-state index contributed by atoms with van der Waals surface area (Å²) >= 11 is 0. The van der Waals surface area contributed by atoms with Gasteiger partial charge in [-0.25, -0.2) is 0 Å². The predicted molar refractivity (Wildman–Crippen MR) is 81.5 cm³/mol. The summed E-state index contributed by atoms with van der Waals surface area (Å²) in [6.07, 6.45) is 0.780. The van der Waals surface area contributed by atoms with Crippen molar-refractivity contribution in [2.45, 2.75) is 38.9 Å². The molecule has 4 nitrogen and oxygen atoms in total. The summed E-state index contributed by atoms with van der Waals surface area (Å²) in [5, 5.41) is 6.34. The van der Waals surface area contributed by atoms with Gasteiger partial charge in [0, 0.05) is 25.7 Å². The van der Waals surface area contributed by atoms with E-state index in [0.717, 1.165) is 19.5 Å². The summed E-state index contributed by atoms with van der Waals surface area (Å²) in [4.78, 5) is 14.4. The number of hydrogen-bond acceptors (Lipinski definition) is 3. The number of fused-ring (bicyclic) bond motifs is 1. The van der Waals surface area contributed by atoms with Crippen LogP contribution in [0.3, 0.4) is 0 Å². The van der Waals surface area contributed by atoms with E-state index in [1.807, 2.05) is 12.1 Å². The third-order valence-corrected chi connectivity index (χ3v) is 4.04. The van der Waals surface area contributed by atoms with Crippen molar-refractivity contribution >= 4 is 5.91 Å². The third-order valence-electron chi connectivity index (χ3n) is 4.04. The molecular formula is C16H25N3O. The smallest absolute Gasteiger partial charge is 0.237 e. The molecule has 0 aromatic heterocycles. The van der Waals surface area contributed by atoms with Crippen LogP contribution in [0.15, 0.2) is 24.3 Å². The summed E-state index contributed by atoms with van der Waals surface area (Å²) in [6.45, 7) is 6.67. The van der Waals surface area contributed by atoms with Gasteiger partial charge in [0.15, 0.2) is 0 Å². The molecule has 20 heavy (non-hydrogen) atoms. The molecule has 1 amide bonds. The van der Waals surface area contributed by atoms with Gasteiger partial charge in [0.05, 0.1) is 6.04 Å². The monoisotopic (exact) mass is 275 g/mol. The molecule has 1 aromatic rings. The van der Waals surface area contributed by atoms with Crippen molar-refractivity contribution in [3.05, 3.63) is 35.4 Å². The Morgan fingerprint density at radius 1 is 1.40 bits per heavy atom. The zero-order valence-electron chi connectivity index (χ0n) is 12.6. The number of nitrogens with one attached hydrogen (secondary N) is 2. The first-order valence-electron chi connectivity index (χ1n) is 7.36.